The van der Waals surface area contributed by atoms with E-state index >= 15 is 0 Å². The van der Waals surface area contributed by atoms with Crippen LogP contribution < -0.4 is 10.9 Å². The zero-order chi connectivity index (χ0) is 20.2. The van der Waals surface area contributed by atoms with E-state index in [2.05, 4.69) is 5.32 Å². The molecule has 11 heteroatoms. The Morgan fingerprint density at radius 3 is 2.37 bits per heavy atom. The van der Waals surface area contributed by atoms with Crippen molar-refractivity contribution in [1.82, 2.24) is 0 Å². The van der Waals surface area contributed by atoms with E-state index in [9.17, 15) is 27.3 Å². The fourth-order valence-corrected chi connectivity index (χ4v) is 3.85. The maximum absolute atomic E-state index is 13.0. The molecule has 1 aromatic carbocycles. The standard InChI is InChI=1S/C16H17F3NO6P/c1-3-24-27(23,25-4-2)9-14(21)20-10-5-6-11-12(16(17,18)19)8-15(22)26-13(11)7-10/h5-8H,3-4,9H2,1-2H3,(H,20,21). The summed E-state index contributed by atoms with van der Waals surface area (Å²) in [5.41, 5.74) is -2.58. The van der Waals surface area contributed by atoms with Gasteiger partial charge in [0.15, 0.2) is 0 Å². The quantitative estimate of drug-likeness (QED) is 0.550. The smallest absolute Gasteiger partial charge is 0.417 e. The number of anilines is 1. The van der Waals surface area contributed by atoms with Crippen LogP contribution in [0.3, 0.4) is 0 Å². The molecule has 1 aromatic heterocycles. The van der Waals surface area contributed by atoms with Crippen LogP contribution in [0.15, 0.2) is 33.5 Å². The van der Waals surface area contributed by atoms with Crippen molar-refractivity contribution in [3.63, 3.8) is 0 Å². The SMILES string of the molecule is CCOP(=O)(CC(=O)Nc1ccc2c(C(F)(F)F)cc(=O)oc2c1)OCC. The highest BCUT2D eigenvalue weighted by Crippen LogP contribution is 2.47. The summed E-state index contributed by atoms with van der Waals surface area (Å²) >= 11 is 0. The van der Waals surface area contributed by atoms with Crippen LogP contribution in [0.1, 0.15) is 19.4 Å². The average Bonchev–Trinajstić information content (AvgIpc) is 2.52. The normalized spacial score (nSPS) is 12.3. The highest BCUT2D eigenvalue weighted by atomic mass is 31.2. The van der Waals surface area contributed by atoms with E-state index in [1.165, 1.54) is 6.07 Å². The summed E-state index contributed by atoms with van der Waals surface area (Å²) in [4.78, 5) is 23.5. The molecule has 0 atom stereocenters. The lowest BCUT2D eigenvalue weighted by Crippen LogP contribution is -2.18. The first-order valence-electron chi connectivity index (χ1n) is 7.91. The zero-order valence-corrected chi connectivity index (χ0v) is 15.4. The van der Waals surface area contributed by atoms with Crippen LogP contribution in [0.5, 0.6) is 0 Å². The summed E-state index contributed by atoms with van der Waals surface area (Å²) < 4.78 is 66.2. The summed E-state index contributed by atoms with van der Waals surface area (Å²) in [7, 11) is -3.63. The largest absolute Gasteiger partial charge is 0.423 e. The number of halogens is 3. The van der Waals surface area contributed by atoms with E-state index in [1.807, 2.05) is 0 Å². The van der Waals surface area contributed by atoms with Gasteiger partial charge >= 0.3 is 19.4 Å². The fourth-order valence-electron chi connectivity index (χ4n) is 2.37. The number of rotatable bonds is 7. The van der Waals surface area contributed by atoms with E-state index in [0.717, 1.165) is 12.1 Å². The molecule has 0 saturated carbocycles. The number of benzene rings is 1. The van der Waals surface area contributed by atoms with Crippen molar-refractivity contribution in [3.8, 4) is 0 Å². The van der Waals surface area contributed by atoms with Crippen LogP contribution in [0.2, 0.25) is 0 Å². The number of nitrogens with one attached hydrogen (secondary N) is 1. The van der Waals surface area contributed by atoms with Crippen molar-refractivity contribution in [3.05, 3.63) is 40.2 Å². The van der Waals surface area contributed by atoms with Crippen molar-refractivity contribution < 1.29 is 36.0 Å². The monoisotopic (exact) mass is 407 g/mol. The Kier molecular flexibility index (Phi) is 6.46. The van der Waals surface area contributed by atoms with Crippen molar-refractivity contribution in [2.24, 2.45) is 0 Å². The molecule has 2 rings (SSSR count). The second-order valence-electron chi connectivity index (χ2n) is 5.34. The lowest BCUT2D eigenvalue weighted by atomic mass is 10.1. The highest BCUT2D eigenvalue weighted by molar-refractivity contribution is 7.54. The van der Waals surface area contributed by atoms with Crippen molar-refractivity contribution >= 4 is 30.2 Å². The van der Waals surface area contributed by atoms with Gasteiger partial charge in [0.2, 0.25) is 5.91 Å². The van der Waals surface area contributed by atoms with Gasteiger partial charge in [0.05, 0.1) is 18.8 Å². The van der Waals surface area contributed by atoms with Gasteiger partial charge in [0.1, 0.15) is 11.7 Å². The number of amides is 1. The molecule has 27 heavy (non-hydrogen) atoms. The average molecular weight is 407 g/mol. The molecule has 0 bridgehead atoms. The van der Waals surface area contributed by atoms with Gasteiger partial charge in [-0.3, -0.25) is 9.36 Å². The minimum atomic E-state index is -4.74. The first kappa shape index (κ1) is 21.1. The predicted octanol–water partition coefficient (Wildman–Crippen LogP) is 4.02. The van der Waals surface area contributed by atoms with E-state index in [4.69, 9.17) is 13.5 Å². The summed E-state index contributed by atoms with van der Waals surface area (Å²) in [6.45, 7) is 3.33. The number of hydrogen-bond acceptors (Lipinski definition) is 6. The third-order valence-corrected chi connectivity index (χ3v) is 5.30. The maximum Gasteiger partial charge on any atom is 0.417 e. The molecule has 0 aliphatic rings. The third kappa shape index (κ3) is 5.41. The van der Waals surface area contributed by atoms with Gasteiger partial charge in [-0.1, -0.05) is 0 Å². The minimum Gasteiger partial charge on any atom is -0.423 e. The Morgan fingerprint density at radius 1 is 1.19 bits per heavy atom. The van der Waals surface area contributed by atoms with Gasteiger partial charge in [-0.05, 0) is 26.0 Å². The molecule has 2 aromatic rings. The molecule has 7 nitrogen and oxygen atoms in total. The molecular formula is C16H17F3NO6P. The summed E-state index contributed by atoms with van der Waals surface area (Å²) in [6.07, 6.45) is -5.31. The molecule has 1 N–H and O–H groups in total. The van der Waals surface area contributed by atoms with Crippen LogP contribution in [0, 0.1) is 0 Å². The second-order valence-corrected chi connectivity index (χ2v) is 7.39. The molecule has 0 fully saturated rings. The summed E-state index contributed by atoms with van der Waals surface area (Å²) in [6, 6.07) is 3.72. The van der Waals surface area contributed by atoms with Gasteiger partial charge in [0, 0.05) is 23.2 Å². The molecule has 1 amide bonds. The number of carbonyl (C=O) groups excluding carboxylic acids is 1. The number of hydrogen-bond donors (Lipinski definition) is 1. The highest BCUT2D eigenvalue weighted by Gasteiger charge is 2.34. The van der Waals surface area contributed by atoms with E-state index < -0.39 is 37.0 Å². The van der Waals surface area contributed by atoms with Crippen LogP contribution in [0.25, 0.3) is 11.0 Å². The Hall–Kier alpha value is -2.16. The predicted molar refractivity (Wildman–Crippen MR) is 91.8 cm³/mol. The molecule has 0 saturated heterocycles. The first-order chi connectivity index (χ1) is 12.6. The molecule has 0 unspecified atom stereocenters. The maximum atomic E-state index is 13.0. The fraction of sp³-hybridized carbons (Fsp3) is 0.375. The van der Waals surface area contributed by atoms with Gasteiger partial charge in [-0.25, -0.2) is 4.79 Å². The van der Waals surface area contributed by atoms with Gasteiger partial charge in [0.25, 0.3) is 0 Å². The third-order valence-electron chi connectivity index (χ3n) is 3.32. The van der Waals surface area contributed by atoms with E-state index in [-0.39, 0.29) is 29.9 Å². The zero-order valence-electron chi connectivity index (χ0n) is 14.5. The number of carbonyl (C=O) groups is 1. The Bertz CT molecular complexity index is 930. The number of fused-ring (bicyclic) bond motifs is 1. The first-order valence-corrected chi connectivity index (χ1v) is 9.64. The topological polar surface area (TPSA) is 94.8 Å². The second kappa shape index (κ2) is 8.24. The summed E-state index contributed by atoms with van der Waals surface area (Å²) in [5, 5.41) is 2.05. The molecule has 1 heterocycles. The van der Waals surface area contributed by atoms with Gasteiger partial charge in [-0.15, -0.1) is 0 Å². The Labute approximate surface area is 152 Å². The Morgan fingerprint density at radius 2 is 1.81 bits per heavy atom. The van der Waals surface area contributed by atoms with Gasteiger partial charge in [-0.2, -0.15) is 13.2 Å². The summed E-state index contributed by atoms with van der Waals surface area (Å²) in [5.74, 6) is -0.728. The molecule has 0 aliphatic carbocycles. The lowest BCUT2D eigenvalue weighted by molar-refractivity contribution is -0.136. The van der Waals surface area contributed by atoms with Crippen LogP contribution in [-0.2, 0) is 24.6 Å². The van der Waals surface area contributed by atoms with Crippen molar-refractivity contribution in [1.29, 1.82) is 0 Å². The van der Waals surface area contributed by atoms with Crippen LogP contribution in [-0.4, -0.2) is 25.3 Å². The number of alkyl halides is 3. The molecule has 148 valence electrons. The minimum absolute atomic E-state index is 0.0644. The molecular weight excluding hydrogens is 390 g/mol. The van der Waals surface area contributed by atoms with Crippen molar-refractivity contribution in [2.75, 3.05) is 24.7 Å². The van der Waals surface area contributed by atoms with Crippen LogP contribution in [0.4, 0.5) is 18.9 Å². The van der Waals surface area contributed by atoms with Gasteiger partial charge < -0.3 is 18.8 Å². The Balaban J connectivity index is 2.29. The van der Waals surface area contributed by atoms with E-state index in [0.29, 0.717) is 6.07 Å². The molecule has 0 spiro atoms. The molecule has 0 aliphatic heterocycles. The van der Waals surface area contributed by atoms with E-state index in [1.54, 1.807) is 13.8 Å². The lowest BCUT2D eigenvalue weighted by Gasteiger charge is -2.16. The van der Waals surface area contributed by atoms with Crippen molar-refractivity contribution in [2.45, 2.75) is 20.0 Å². The van der Waals surface area contributed by atoms with Crippen LogP contribution >= 0.6 is 7.60 Å². The molecule has 0 radical (unpaired) electrons.